The summed E-state index contributed by atoms with van der Waals surface area (Å²) in [5.41, 5.74) is 7.56. The molecule has 20 heavy (non-hydrogen) atoms. The number of nitrogens with one attached hydrogen (secondary N) is 1. The first-order valence-corrected chi connectivity index (χ1v) is 6.03. The first kappa shape index (κ1) is 12.2. The monoisotopic (exact) mass is 268 g/mol. The third-order valence-corrected chi connectivity index (χ3v) is 3.16. The number of carbonyl (C=O) groups excluding carboxylic acids is 2. The summed E-state index contributed by atoms with van der Waals surface area (Å²) < 4.78 is 1.39. The van der Waals surface area contributed by atoms with E-state index in [4.69, 9.17) is 5.73 Å². The molecule has 1 aromatic carbocycles. The molecule has 0 radical (unpaired) electrons. The van der Waals surface area contributed by atoms with E-state index >= 15 is 0 Å². The van der Waals surface area contributed by atoms with Gasteiger partial charge in [0, 0.05) is 7.05 Å². The molecule has 6 heteroatoms. The molecule has 1 aliphatic heterocycles. The number of imide groups is 1. The SMILES string of the molecule is Cn1nc2c(c1N)C(=O)NC(=O)/C2=C/c1ccccc1. The molecule has 0 unspecified atom stereocenters. The van der Waals surface area contributed by atoms with Crippen molar-refractivity contribution in [3.8, 4) is 0 Å². The van der Waals surface area contributed by atoms with Crippen LogP contribution < -0.4 is 11.1 Å². The van der Waals surface area contributed by atoms with Gasteiger partial charge in [0.05, 0.1) is 5.57 Å². The molecule has 0 aliphatic carbocycles. The maximum absolute atomic E-state index is 12.0. The van der Waals surface area contributed by atoms with Crippen molar-refractivity contribution in [2.75, 3.05) is 5.73 Å². The minimum Gasteiger partial charge on any atom is -0.383 e. The number of hydrogen-bond donors (Lipinski definition) is 2. The van der Waals surface area contributed by atoms with Crippen molar-refractivity contribution in [1.82, 2.24) is 15.1 Å². The molecule has 3 N–H and O–H groups in total. The number of benzene rings is 1. The fraction of sp³-hybridized carbons (Fsp3) is 0.0714. The standard InChI is InChI=1S/C14H12N4O2/c1-18-12(15)10-11(17-18)9(13(19)16-14(10)20)7-8-5-3-2-4-6-8/h2-7H,15H2,1H3,(H,16,19,20)/b9-7+. The number of nitrogens with zero attached hydrogens (tertiary/aromatic N) is 2. The largest absolute Gasteiger partial charge is 0.383 e. The molecular weight excluding hydrogens is 256 g/mol. The highest BCUT2D eigenvalue weighted by atomic mass is 16.2. The second-order valence-electron chi connectivity index (χ2n) is 4.48. The van der Waals surface area contributed by atoms with E-state index in [2.05, 4.69) is 10.4 Å². The van der Waals surface area contributed by atoms with Crippen molar-refractivity contribution < 1.29 is 9.59 Å². The molecule has 0 spiro atoms. The van der Waals surface area contributed by atoms with Crippen LogP contribution in [0, 0.1) is 0 Å². The Hall–Kier alpha value is -2.89. The topological polar surface area (TPSA) is 90.0 Å². The summed E-state index contributed by atoms with van der Waals surface area (Å²) in [4.78, 5) is 23.8. The van der Waals surface area contributed by atoms with Crippen LogP contribution in [0.2, 0.25) is 0 Å². The Morgan fingerprint density at radius 2 is 1.90 bits per heavy atom. The number of nitrogens with two attached hydrogens (primary N) is 1. The molecule has 0 saturated carbocycles. The number of amides is 2. The van der Waals surface area contributed by atoms with E-state index in [1.165, 1.54) is 4.68 Å². The van der Waals surface area contributed by atoms with E-state index in [0.717, 1.165) is 5.56 Å². The van der Waals surface area contributed by atoms with E-state index in [0.29, 0.717) is 11.3 Å². The number of anilines is 1. The van der Waals surface area contributed by atoms with Crippen LogP contribution in [0.4, 0.5) is 5.82 Å². The van der Waals surface area contributed by atoms with Gasteiger partial charge in [0.25, 0.3) is 11.8 Å². The fourth-order valence-corrected chi connectivity index (χ4v) is 2.14. The number of rotatable bonds is 1. The molecule has 0 saturated heterocycles. The molecule has 100 valence electrons. The summed E-state index contributed by atoms with van der Waals surface area (Å²) >= 11 is 0. The maximum Gasteiger partial charge on any atom is 0.264 e. The van der Waals surface area contributed by atoms with E-state index in [-0.39, 0.29) is 11.4 Å². The average molecular weight is 268 g/mol. The molecule has 2 heterocycles. The van der Waals surface area contributed by atoms with Gasteiger partial charge in [-0.3, -0.25) is 19.6 Å². The van der Waals surface area contributed by atoms with Gasteiger partial charge in [0.2, 0.25) is 0 Å². The molecule has 3 rings (SSSR count). The molecule has 0 bridgehead atoms. The lowest BCUT2D eigenvalue weighted by Gasteiger charge is -2.13. The van der Waals surface area contributed by atoms with Crippen molar-refractivity contribution in [2.24, 2.45) is 7.05 Å². The van der Waals surface area contributed by atoms with Crippen LogP contribution in [0.5, 0.6) is 0 Å². The van der Waals surface area contributed by atoms with Crippen LogP contribution in [0.25, 0.3) is 11.6 Å². The summed E-state index contributed by atoms with van der Waals surface area (Å²) in [6, 6.07) is 9.35. The van der Waals surface area contributed by atoms with Crippen LogP contribution in [0.1, 0.15) is 21.6 Å². The highest BCUT2D eigenvalue weighted by Crippen LogP contribution is 2.28. The summed E-state index contributed by atoms with van der Waals surface area (Å²) in [5.74, 6) is -0.741. The first-order valence-electron chi connectivity index (χ1n) is 6.03. The van der Waals surface area contributed by atoms with Gasteiger partial charge in [-0.15, -0.1) is 0 Å². The van der Waals surface area contributed by atoms with Crippen molar-refractivity contribution in [3.63, 3.8) is 0 Å². The molecule has 1 aromatic heterocycles. The van der Waals surface area contributed by atoms with E-state index < -0.39 is 11.8 Å². The number of aryl methyl sites for hydroxylation is 1. The van der Waals surface area contributed by atoms with Crippen LogP contribution in [0.3, 0.4) is 0 Å². The lowest BCUT2D eigenvalue weighted by molar-refractivity contribution is -0.114. The molecule has 0 atom stereocenters. The smallest absolute Gasteiger partial charge is 0.264 e. The van der Waals surface area contributed by atoms with Gasteiger partial charge in [-0.05, 0) is 11.6 Å². The van der Waals surface area contributed by atoms with Gasteiger partial charge in [-0.2, -0.15) is 5.10 Å². The molecule has 2 aromatic rings. The second kappa shape index (κ2) is 4.34. The molecular formula is C14H12N4O2. The Bertz CT molecular complexity index is 744. The number of nitrogen functional groups attached to an aromatic ring is 1. The van der Waals surface area contributed by atoms with Gasteiger partial charge in [0.15, 0.2) is 0 Å². The minimum atomic E-state index is -0.513. The van der Waals surface area contributed by atoms with E-state index in [1.54, 1.807) is 13.1 Å². The Kier molecular flexibility index (Phi) is 2.64. The second-order valence-corrected chi connectivity index (χ2v) is 4.48. The van der Waals surface area contributed by atoms with Crippen LogP contribution in [-0.2, 0) is 11.8 Å². The number of hydrogen-bond acceptors (Lipinski definition) is 4. The maximum atomic E-state index is 12.0. The number of aromatic nitrogens is 2. The predicted octanol–water partition coefficient (Wildman–Crippen LogP) is 0.813. The lowest BCUT2D eigenvalue weighted by Crippen LogP contribution is -2.36. The first-order chi connectivity index (χ1) is 9.58. The van der Waals surface area contributed by atoms with Gasteiger partial charge in [-0.25, -0.2) is 0 Å². The quantitative estimate of drug-likeness (QED) is 0.591. The predicted molar refractivity (Wildman–Crippen MR) is 74.4 cm³/mol. The molecule has 0 fully saturated rings. The highest BCUT2D eigenvalue weighted by molar-refractivity contribution is 6.34. The normalized spacial score (nSPS) is 16.1. The van der Waals surface area contributed by atoms with Crippen LogP contribution in [-0.4, -0.2) is 21.6 Å². The Morgan fingerprint density at radius 1 is 1.20 bits per heavy atom. The average Bonchev–Trinajstić information content (AvgIpc) is 2.72. The molecule has 1 aliphatic rings. The number of carbonyl (C=O) groups is 2. The van der Waals surface area contributed by atoms with Crippen molar-refractivity contribution in [2.45, 2.75) is 0 Å². The summed E-state index contributed by atoms with van der Waals surface area (Å²) in [7, 11) is 1.63. The van der Waals surface area contributed by atoms with Gasteiger partial charge in [-0.1, -0.05) is 30.3 Å². The van der Waals surface area contributed by atoms with Gasteiger partial charge >= 0.3 is 0 Å². The summed E-state index contributed by atoms with van der Waals surface area (Å²) in [5, 5.41) is 6.45. The molecule has 2 amide bonds. The summed E-state index contributed by atoms with van der Waals surface area (Å²) in [6.07, 6.45) is 1.69. The minimum absolute atomic E-state index is 0.240. The van der Waals surface area contributed by atoms with E-state index in [1.807, 2.05) is 30.3 Å². The zero-order valence-corrected chi connectivity index (χ0v) is 10.8. The van der Waals surface area contributed by atoms with Crippen molar-refractivity contribution >= 4 is 29.3 Å². The van der Waals surface area contributed by atoms with Gasteiger partial charge < -0.3 is 5.73 Å². The third-order valence-electron chi connectivity index (χ3n) is 3.16. The van der Waals surface area contributed by atoms with Crippen LogP contribution in [0.15, 0.2) is 30.3 Å². The Labute approximate surface area is 114 Å². The molecule has 6 nitrogen and oxygen atoms in total. The van der Waals surface area contributed by atoms with E-state index in [9.17, 15) is 9.59 Å². The number of fused-ring (bicyclic) bond motifs is 1. The lowest BCUT2D eigenvalue weighted by atomic mass is 10.00. The van der Waals surface area contributed by atoms with Crippen LogP contribution >= 0.6 is 0 Å². The summed E-state index contributed by atoms with van der Waals surface area (Å²) in [6.45, 7) is 0. The third kappa shape index (κ3) is 1.78. The zero-order valence-electron chi connectivity index (χ0n) is 10.8. The van der Waals surface area contributed by atoms with Crippen molar-refractivity contribution in [1.29, 1.82) is 0 Å². The Morgan fingerprint density at radius 3 is 2.60 bits per heavy atom. The Balaban J connectivity index is 2.20. The fourth-order valence-electron chi connectivity index (χ4n) is 2.14. The van der Waals surface area contributed by atoms with Gasteiger partial charge in [0.1, 0.15) is 17.1 Å². The zero-order chi connectivity index (χ0) is 14.3. The highest BCUT2D eigenvalue weighted by Gasteiger charge is 2.33. The van der Waals surface area contributed by atoms with Crippen molar-refractivity contribution in [3.05, 3.63) is 47.2 Å².